The van der Waals surface area contributed by atoms with E-state index in [2.05, 4.69) is 15.9 Å². The van der Waals surface area contributed by atoms with Crippen molar-refractivity contribution >= 4 is 44.9 Å². The summed E-state index contributed by atoms with van der Waals surface area (Å²) in [5.41, 5.74) is 2.75. The normalized spacial score (nSPS) is 19.8. The summed E-state index contributed by atoms with van der Waals surface area (Å²) in [7, 11) is 0. The lowest BCUT2D eigenvalue weighted by Gasteiger charge is -2.29. The topological polar surface area (TPSA) is 43.4 Å². The van der Waals surface area contributed by atoms with Crippen molar-refractivity contribution in [1.29, 1.82) is 0 Å². The lowest BCUT2D eigenvalue weighted by atomic mass is 9.73. The molecular formula is C21H18BrClO3. The van der Waals surface area contributed by atoms with Crippen molar-refractivity contribution in [2.24, 2.45) is 5.92 Å². The number of benzene rings is 2. The molecule has 3 nitrogen and oxygen atoms in total. The fourth-order valence-electron chi connectivity index (χ4n) is 3.30. The van der Waals surface area contributed by atoms with E-state index in [1.54, 1.807) is 19.1 Å². The molecule has 2 atom stereocenters. The van der Waals surface area contributed by atoms with Gasteiger partial charge in [0.1, 0.15) is 5.92 Å². The van der Waals surface area contributed by atoms with Gasteiger partial charge in [-0.25, -0.2) is 0 Å². The standard InChI is InChI=1S/C21H18BrClO3/c1-2-26-21(25)20-18(14-4-3-5-17(23)10-14)11-15(12-19(20)24)13-6-8-16(22)9-7-13/h3-10,12,18,20H,2,11H2,1H3. The molecule has 0 aromatic heterocycles. The number of carbonyl (C=O) groups excluding carboxylic acids is 2. The van der Waals surface area contributed by atoms with Gasteiger partial charge in [0.2, 0.25) is 0 Å². The van der Waals surface area contributed by atoms with E-state index < -0.39 is 11.9 Å². The Kier molecular flexibility index (Phi) is 5.94. The Morgan fingerprint density at radius 2 is 1.96 bits per heavy atom. The van der Waals surface area contributed by atoms with E-state index in [0.29, 0.717) is 11.4 Å². The molecule has 0 saturated heterocycles. The average Bonchev–Trinajstić information content (AvgIpc) is 2.61. The monoisotopic (exact) mass is 432 g/mol. The molecule has 134 valence electrons. The lowest BCUT2D eigenvalue weighted by Crippen LogP contribution is -2.34. The van der Waals surface area contributed by atoms with Crippen molar-refractivity contribution in [3.63, 3.8) is 0 Å². The maximum absolute atomic E-state index is 12.8. The molecule has 0 aliphatic heterocycles. The number of ketones is 1. The summed E-state index contributed by atoms with van der Waals surface area (Å²) in [5.74, 6) is -1.84. The first-order chi connectivity index (χ1) is 12.5. The van der Waals surface area contributed by atoms with Crippen molar-refractivity contribution in [2.75, 3.05) is 6.61 Å². The van der Waals surface area contributed by atoms with E-state index in [1.165, 1.54) is 0 Å². The molecule has 0 fully saturated rings. The second kappa shape index (κ2) is 8.19. The highest BCUT2D eigenvalue weighted by Gasteiger charge is 2.39. The van der Waals surface area contributed by atoms with Crippen LogP contribution in [0, 0.1) is 5.92 Å². The van der Waals surface area contributed by atoms with Gasteiger partial charge in [-0.05, 0) is 60.4 Å². The van der Waals surface area contributed by atoms with Gasteiger partial charge in [0.15, 0.2) is 5.78 Å². The van der Waals surface area contributed by atoms with Crippen molar-refractivity contribution in [3.05, 3.63) is 75.2 Å². The zero-order chi connectivity index (χ0) is 18.7. The molecule has 0 heterocycles. The van der Waals surface area contributed by atoms with Crippen molar-refractivity contribution < 1.29 is 14.3 Å². The zero-order valence-electron chi connectivity index (χ0n) is 14.2. The van der Waals surface area contributed by atoms with Crippen LogP contribution in [0.15, 0.2) is 59.1 Å². The Morgan fingerprint density at radius 1 is 1.23 bits per heavy atom. The summed E-state index contributed by atoms with van der Waals surface area (Å²) in [6.45, 7) is 1.98. The van der Waals surface area contributed by atoms with Gasteiger partial charge in [-0.1, -0.05) is 51.8 Å². The van der Waals surface area contributed by atoms with E-state index in [9.17, 15) is 9.59 Å². The van der Waals surface area contributed by atoms with Gasteiger partial charge in [-0.2, -0.15) is 0 Å². The number of rotatable bonds is 4. The third kappa shape index (κ3) is 4.08. The quantitative estimate of drug-likeness (QED) is 0.477. The molecule has 0 saturated carbocycles. The number of hydrogen-bond donors (Lipinski definition) is 0. The fraction of sp³-hybridized carbons (Fsp3) is 0.238. The Hall–Kier alpha value is -1.91. The Balaban J connectivity index is 2.02. The molecule has 5 heteroatoms. The highest BCUT2D eigenvalue weighted by atomic mass is 79.9. The minimum absolute atomic E-state index is 0.224. The Bertz CT molecular complexity index is 858. The van der Waals surface area contributed by atoms with Crippen LogP contribution >= 0.6 is 27.5 Å². The molecule has 1 aliphatic carbocycles. The summed E-state index contributed by atoms with van der Waals surface area (Å²) < 4.78 is 6.13. The highest BCUT2D eigenvalue weighted by molar-refractivity contribution is 9.10. The third-order valence-corrected chi connectivity index (χ3v) is 5.26. The molecule has 0 radical (unpaired) electrons. The van der Waals surface area contributed by atoms with Crippen LogP contribution in [-0.4, -0.2) is 18.4 Å². The second-order valence-corrected chi connectivity index (χ2v) is 7.53. The largest absolute Gasteiger partial charge is 0.465 e. The molecule has 0 bridgehead atoms. The SMILES string of the molecule is CCOC(=O)C1C(=O)C=C(c2ccc(Br)cc2)CC1c1cccc(Cl)c1. The first-order valence-electron chi connectivity index (χ1n) is 8.42. The number of ether oxygens (including phenoxy) is 1. The van der Waals surface area contributed by atoms with E-state index in [1.807, 2.05) is 42.5 Å². The van der Waals surface area contributed by atoms with Crippen molar-refractivity contribution in [1.82, 2.24) is 0 Å². The summed E-state index contributed by atoms with van der Waals surface area (Å²) >= 11 is 9.56. The van der Waals surface area contributed by atoms with Gasteiger partial charge >= 0.3 is 5.97 Å². The summed E-state index contributed by atoms with van der Waals surface area (Å²) in [5, 5.41) is 0.581. The Morgan fingerprint density at radius 3 is 2.62 bits per heavy atom. The zero-order valence-corrected chi connectivity index (χ0v) is 16.6. The minimum atomic E-state index is -0.840. The predicted octanol–water partition coefficient (Wildman–Crippen LogP) is 5.42. The molecule has 0 spiro atoms. The third-order valence-electron chi connectivity index (χ3n) is 4.50. The number of carbonyl (C=O) groups is 2. The van der Waals surface area contributed by atoms with Gasteiger partial charge in [0.05, 0.1) is 6.61 Å². The van der Waals surface area contributed by atoms with E-state index >= 15 is 0 Å². The Labute approximate surface area is 166 Å². The molecule has 2 aromatic carbocycles. The van der Waals surface area contributed by atoms with Gasteiger partial charge < -0.3 is 4.74 Å². The van der Waals surface area contributed by atoms with Crippen LogP contribution in [0.4, 0.5) is 0 Å². The van der Waals surface area contributed by atoms with Crippen LogP contribution in [0.2, 0.25) is 5.02 Å². The number of esters is 1. The second-order valence-electron chi connectivity index (χ2n) is 6.17. The van der Waals surface area contributed by atoms with Gasteiger partial charge in [-0.15, -0.1) is 0 Å². The first-order valence-corrected chi connectivity index (χ1v) is 9.59. The molecule has 1 aliphatic rings. The highest BCUT2D eigenvalue weighted by Crippen LogP contribution is 2.41. The van der Waals surface area contributed by atoms with Gasteiger partial charge in [-0.3, -0.25) is 9.59 Å². The van der Waals surface area contributed by atoms with Crippen molar-refractivity contribution in [3.8, 4) is 0 Å². The van der Waals surface area contributed by atoms with E-state index in [-0.39, 0.29) is 18.3 Å². The molecular weight excluding hydrogens is 416 g/mol. The number of hydrogen-bond acceptors (Lipinski definition) is 3. The van der Waals surface area contributed by atoms with Crippen LogP contribution in [-0.2, 0) is 14.3 Å². The summed E-state index contributed by atoms with van der Waals surface area (Å²) in [6.07, 6.45) is 2.14. The fourth-order valence-corrected chi connectivity index (χ4v) is 3.76. The smallest absolute Gasteiger partial charge is 0.317 e. The van der Waals surface area contributed by atoms with E-state index in [4.69, 9.17) is 16.3 Å². The maximum atomic E-state index is 12.8. The maximum Gasteiger partial charge on any atom is 0.317 e. The molecule has 0 N–H and O–H groups in total. The van der Waals surface area contributed by atoms with Crippen LogP contribution in [0.25, 0.3) is 5.57 Å². The van der Waals surface area contributed by atoms with E-state index in [0.717, 1.165) is 21.2 Å². The summed E-state index contributed by atoms with van der Waals surface area (Å²) in [6, 6.07) is 15.1. The molecule has 2 aromatic rings. The van der Waals surface area contributed by atoms with Gasteiger partial charge in [0.25, 0.3) is 0 Å². The van der Waals surface area contributed by atoms with Gasteiger partial charge in [0, 0.05) is 15.4 Å². The molecule has 0 amide bonds. The van der Waals surface area contributed by atoms with Crippen molar-refractivity contribution in [2.45, 2.75) is 19.3 Å². The number of halogens is 2. The molecule has 2 unspecified atom stereocenters. The van der Waals surface area contributed by atoms with Crippen LogP contribution < -0.4 is 0 Å². The van der Waals surface area contributed by atoms with Crippen LogP contribution in [0.3, 0.4) is 0 Å². The molecule has 3 rings (SSSR count). The van der Waals surface area contributed by atoms with Crippen LogP contribution in [0.5, 0.6) is 0 Å². The molecule has 26 heavy (non-hydrogen) atoms. The number of allylic oxidation sites excluding steroid dienone is 2. The average molecular weight is 434 g/mol. The predicted molar refractivity (Wildman–Crippen MR) is 106 cm³/mol. The first kappa shape index (κ1) is 18.9. The minimum Gasteiger partial charge on any atom is -0.465 e. The lowest BCUT2D eigenvalue weighted by molar-refractivity contribution is -0.151. The summed E-state index contributed by atoms with van der Waals surface area (Å²) in [4.78, 5) is 25.3. The van der Waals surface area contributed by atoms with Crippen LogP contribution in [0.1, 0.15) is 30.4 Å².